The van der Waals surface area contributed by atoms with Gasteiger partial charge in [0.15, 0.2) is 0 Å². The smallest absolute Gasteiger partial charge is 0.242 e. The Bertz CT molecular complexity index is 495. The SMILES string of the molecule is CCCCCCNS(=O)(=O)c1cc(CNC)n(CC)c1. The van der Waals surface area contributed by atoms with E-state index < -0.39 is 10.0 Å². The van der Waals surface area contributed by atoms with Crippen molar-refractivity contribution in [1.29, 1.82) is 0 Å². The van der Waals surface area contributed by atoms with E-state index in [4.69, 9.17) is 0 Å². The van der Waals surface area contributed by atoms with Crippen LogP contribution in [0.1, 0.15) is 45.2 Å². The summed E-state index contributed by atoms with van der Waals surface area (Å²) in [6, 6.07) is 1.74. The molecule has 0 amide bonds. The molecular weight excluding hydrogens is 274 g/mol. The molecule has 1 aromatic rings. The van der Waals surface area contributed by atoms with Gasteiger partial charge >= 0.3 is 0 Å². The van der Waals surface area contributed by atoms with E-state index in [0.29, 0.717) is 18.0 Å². The zero-order chi connectivity index (χ0) is 15.0. The van der Waals surface area contributed by atoms with E-state index in [1.165, 1.54) is 0 Å². The molecule has 116 valence electrons. The zero-order valence-corrected chi connectivity index (χ0v) is 13.6. The number of rotatable bonds is 10. The van der Waals surface area contributed by atoms with Crippen molar-refractivity contribution in [2.45, 2.75) is 57.5 Å². The van der Waals surface area contributed by atoms with Gasteiger partial charge in [-0.2, -0.15) is 0 Å². The van der Waals surface area contributed by atoms with Gasteiger partial charge in [-0.3, -0.25) is 0 Å². The van der Waals surface area contributed by atoms with Crippen LogP contribution in [0.3, 0.4) is 0 Å². The van der Waals surface area contributed by atoms with Crippen LogP contribution < -0.4 is 10.0 Å². The third kappa shape index (κ3) is 4.92. The minimum atomic E-state index is -3.38. The van der Waals surface area contributed by atoms with Crippen molar-refractivity contribution in [2.24, 2.45) is 0 Å². The van der Waals surface area contributed by atoms with Crippen LogP contribution in [0.2, 0.25) is 0 Å². The summed E-state index contributed by atoms with van der Waals surface area (Å²) < 4.78 is 29.1. The van der Waals surface area contributed by atoms with Gasteiger partial charge in [-0.25, -0.2) is 13.1 Å². The maximum absolute atomic E-state index is 12.2. The monoisotopic (exact) mass is 301 g/mol. The van der Waals surface area contributed by atoms with Crippen molar-refractivity contribution in [3.8, 4) is 0 Å². The van der Waals surface area contributed by atoms with Gasteiger partial charge in [-0.15, -0.1) is 0 Å². The molecule has 0 spiro atoms. The summed E-state index contributed by atoms with van der Waals surface area (Å²) in [7, 11) is -1.52. The lowest BCUT2D eigenvalue weighted by molar-refractivity contribution is 0.573. The third-order valence-electron chi connectivity index (χ3n) is 3.29. The summed E-state index contributed by atoms with van der Waals surface area (Å²) in [4.78, 5) is 0.361. The molecule has 20 heavy (non-hydrogen) atoms. The molecule has 0 aromatic carbocycles. The number of nitrogens with zero attached hydrogens (tertiary/aromatic N) is 1. The average Bonchev–Trinajstić information content (AvgIpc) is 2.83. The molecule has 5 nitrogen and oxygen atoms in total. The summed E-state index contributed by atoms with van der Waals surface area (Å²) in [6.07, 6.45) is 5.98. The molecule has 0 unspecified atom stereocenters. The first-order chi connectivity index (χ1) is 9.55. The van der Waals surface area contributed by atoms with Gasteiger partial charge in [-0.05, 0) is 26.5 Å². The fraction of sp³-hybridized carbons (Fsp3) is 0.714. The van der Waals surface area contributed by atoms with Crippen molar-refractivity contribution in [2.75, 3.05) is 13.6 Å². The summed E-state index contributed by atoms with van der Waals surface area (Å²) >= 11 is 0. The first kappa shape index (κ1) is 17.2. The normalized spacial score (nSPS) is 11.9. The minimum Gasteiger partial charge on any atom is -0.349 e. The van der Waals surface area contributed by atoms with Crippen molar-refractivity contribution >= 4 is 10.0 Å². The summed E-state index contributed by atoms with van der Waals surface area (Å²) in [5, 5.41) is 3.05. The van der Waals surface area contributed by atoms with Gasteiger partial charge in [0.25, 0.3) is 0 Å². The van der Waals surface area contributed by atoms with Crippen molar-refractivity contribution in [1.82, 2.24) is 14.6 Å². The number of unbranched alkanes of at least 4 members (excludes halogenated alkanes) is 3. The Morgan fingerprint density at radius 3 is 2.55 bits per heavy atom. The van der Waals surface area contributed by atoms with Crippen LogP contribution in [0.4, 0.5) is 0 Å². The average molecular weight is 301 g/mol. The molecule has 1 rings (SSSR count). The molecule has 0 aliphatic rings. The second-order valence-corrected chi connectivity index (χ2v) is 6.71. The molecule has 0 saturated carbocycles. The minimum absolute atomic E-state index is 0.361. The zero-order valence-electron chi connectivity index (χ0n) is 12.8. The van der Waals surface area contributed by atoms with E-state index in [2.05, 4.69) is 17.0 Å². The molecule has 1 heterocycles. The summed E-state index contributed by atoms with van der Waals surface area (Å²) in [5.41, 5.74) is 0.987. The lowest BCUT2D eigenvalue weighted by Crippen LogP contribution is -2.24. The van der Waals surface area contributed by atoms with E-state index in [-0.39, 0.29) is 0 Å². The largest absolute Gasteiger partial charge is 0.349 e. The molecule has 2 N–H and O–H groups in total. The van der Waals surface area contributed by atoms with Gasteiger partial charge in [0, 0.05) is 31.5 Å². The Kier molecular flexibility index (Phi) is 7.26. The summed E-state index contributed by atoms with van der Waals surface area (Å²) in [6.45, 7) is 6.10. The quantitative estimate of drug-likeness (QED) is 0.650. The van der Waals surface area contributed by atoms with E-state index in [9.17, 15) is 8.42 Å². The fourth-order valence-electron chi connectivity index (χ4n) is 2.14. The Balaban J connectivity index is 2.67. The number of nitrogens with one attached hydrogen (secondary N) is 2. The van der Waals surface area contributed by atoms with Crippen LogP contribution in [-0.2, 0) is 23.1 Å². The van der Waals surface area contributed by atoms with Crippen LogP contribution in [0.15, 0.2) is 17.2 Å². The number of aryl methyl sites for hydroxylation is 1. The van der Waals surface area contributed by atoms with Crippen molar-refractivity contribution in [3.63, 3.8) is 0 Å². The van der Waals surface area contributed by atoms with E-state index in [1.807, 2.05) is 18.5 Å². The highest BCUT2D eigenvalue weighted by Crippen LogP contribution is 2.14. The molecule has 0 aliphatic carbocycles. The first-order valence-corrected chi connectivity index (χ1v) is 8.86. The highest BCUT2D eigenvalue weighted by Gasteiger charge is 2.17. The van der Waals surface area contributed by atoms with E-state index in [0.717, 1.165) is 37.9 Å². The van der Waals surface area contributed by atoms with Crippen molar-refractivity contribution < 1.29 is 8.42 Å². The van der Waals surface area contributed by atoms with Crippen LogP contribution in [0, 0.1) is 0 Å². The van der Waals surface area contributed by atoms with E-state index in [1.54, 1.807) is 12.3 Å². The second kappa shape index (κ2) is 8.44. The van der Waals surface area contributed by atoms with Gasteiger partial charge in [-0.1, -0.05) is 26.2 Å². The molecule has 0 atom stereocenters. The Morgan fingerprint density at radius 1 is 1.20 bits per heavy atom. The van der Waals surface area contributed by atoms with Crippen LogP contribution in [0.25, 0.3) is 0 Å². The van der Waals surface area contributed by atoms with Crippen LogP contribution in [0.5, 0.6) is 0 Å². The molecule has 0 bridgehead atoms. The molecule has 0 aliphatic heterocycles. The van der Waals surface area contributed by atoms with Crippen LogP contribution >= 0.6 is 0 Å². The topological polar surface area (TPSA) is 63.1 Å². The highest BCUT2D eigenvalue weighted by molar-refractivity contribution is 7.89. The Morgan fingerprint density at radius 2 is 1.95 bits per heavy atom. The Labute approximate surface area is 122 Å². The van der Waals surface area contributed by atoms with Crippen molar-refractivity contribution in [3.05, 3.63) is 18.0 Å². The maximum atomic E-state index is 12.2. The number of hydrogen-bond donors (Lipinski definition) is 2. The van der Waals surface area contributed by atoms with Crippen LogP contribution in [-0.4, -0.2) is 26.6 Å². The van der Waals surface area contributed by atoms with Gasteiger partial charge in [0.1, 0.15) is 0 Å². The molecular formula is C14H27N3O2S. The lowest BCUT2D eigenvalue weighted by atomic mass is 10.2. The predicted octanol–water partition coefficient (Wildman–Crippen LogP) is 2.09. The predicted molar refractivity (Wildman–Crippen MR) is 82.2 cm³/mol. The van der Waals surface area contributed by atoms with E-state index >= 15 is 0 Å². The lowest BCUT2D eigenvalue weighted by Gasteiger charge is -2.04. The Hall–Kier alpha value is -0.850. The van der Waals surface area contributed by atoms with Gasteiger partial charge in [0.2, 0.25) is 10.0 Å². The molecule has 0 radical (unpaired) electrons. The number of sulfonamides is 1. The highest BCUT2D eigenvalue weighted by atomic mass is 32.2. The summed E-state index contributed by atoms with van der Waals surface area (Å²) in [5.74, 6) is 0. The molecule has 6 heteroatoms. The van der Waals surface area contributed by atoms with Gasteiger partial charge < -0.3 is 9.88 Å². The number of hydrogen-bond acceptors (Lipinski definition) is 3. The molecule has 0 saturated heterocycles. The number of aromatic nitrogens is 1. The molecule has 0 fully saturated rings. The molecule has 1 aromatic heterocycles. The first-order valence-electron chi connectivity index (χ1n) is 7.38. The maximum Gasteiger partial charge on any atom is 0.242 e. The standard InChI is InChI=1S/C14H27N3O2S/c1-4-6-7-8-9-16-20(18,19)14-10-13(11-15-3)17(5-2)12-14/h10,12,15-16H,4-9,11H2,1-3H3. The van der Waals surface area contributed by atoms with Gasteiger partial charge in [0.05, 0.1) is 4.90 Å². The third-order valence-corrected chi connectivity index (χ3v) is 4.72. The fourth-order valence-corrected chi connectivity index (χ4v) is 3.27. The second-order valence-electron chi connectivity index (χ2n) is 4.94.